The molecule has 1 heterocycles. The minimum absolute atomic E-state index is 0.0282. The quantitative estimate of drug-likeness (QED) is 0.559. The molecule has 1 aliphatic carbocycles. The molecule has 8 heteroatoms. The van der Waals surface area contributed by atoms with Crippen LogP contribution in [-0.4, -0.2) is 78.9 Å². The van der Waals surface area contributed by atoms with Gasteiger partial charge in [0.2, 0.25) is 17.7 Å². The summed E-state index contributed by atoms with van der Waals surface area (Å²) in [5.74, 6) is 0.389. The van der Waals surface area contributed by atoms with E-state index in [0.717, 1.165) is 12.8 Å². The van der Waals surface area contributed by atoms with E-state index in [9.17, 15) is 14.4 Å². The van der Waals surface area contributed by atoms with Crippen molar-refractivity contribution in [3.05, 3.63) is 0 Å². The number of nitrogens with one attached hydrogen (secondary N) is 2. The average molecular weight is 396 g/mol. The summed E-state index contributed by atoms with van der Waals surface area (Å²) in [4.78, 5) is 40.3. The Hall–Kier alpha value is -1.67. The van der Waals surface area contributed by atoms with Crippen molar-refractivity contribution in [3.8, 4) is 0 Å². The lowest BCUT2D eigenvalue weighted by atomic mass is 9.87. The SMILES string of the molecule is CC1CCCC(NC(=O)CN2CCN(C(=O)CNC(=O)[C@@H](N)C(C)C)CC2)C1. The molecule has 3 amide bonds. The first-order chi connectivity index (χ1) is 13.3. The maximum atomic E-state index is 12.3. The second kappa shape index (κ2) is 10.8. The van der Waals surface area contributed by atoms with E-state index < -0.39 is 6.04 Å². The van der Waals surface area contributed by atoms with E-state index in [0.29, 0.717) is 44.7 Å². The number of hydrogen-bond acceptors (Lipinski definition) is 5. The molecule has 1 aliphatic heterocycles. The fraction of sp³-hybridized carbons (Fsp3) is 0.850. The van der Waals surface area contributed by atoms with Crippen LogP contribution in [0.2, 0.25) is 0 Å². The fourth-order valence-corrected chi connectivity index (χ4v) is 3.89. The van der Waals surface area contributed by atoms with Crippen LogP contribution in [0.25, 0.3) is 0 Å². The molecule has 3 atom stereocenters. The summed E-state index contributed by atoms with van der Waals surface area (Å²) in [7, 11) is 0. The summed E-state index contributed by atoms with van der Waals surface area (Å²) >= 11 is 0. The Bertz CT molecular complexity index is 546. The number of amides is 3. The second-order valence-electron chi connectivity index (χ2n) is 8.68. The van der Waals surface area contributed by atoms with Gasteiger partial charge in [0.25, 0.3) is 0 Å². The first-order valence-corrected chi connectivity index (χ1v) is 10.6. The van der Waals surface area contributed by atoms with Gasteiger partial charge in [-0.2, -0.15) is 0 Å². The zero-order valence-corrected chi connectivity index (χ0v) is 17.6. The fourth-order valence-electron chi connectivity index (χ4n) is 3.89. The number of carbonyl (C=O) groups is 3. The van der Waals surface area contributed by atoms with Crippen LogP contribution in [-0.2, 0) is 14.4 Å². The van der Waals surface area contributed by atoms with Gasteiger partial charge in [0.15, 0.2) is 0 Å². The van der Waals surface area contributed by atoms with Crippen LogP contribution >= 0.6 is 0 Å². The molecule has 2 unspecified atom stereocenters. The number of rotatable bonds is 7. The number of carbonyl (C=O) groups excluding carboxylic acids is 3. The van der Waals surface area contributed by atoms with Gasteiger partial charge in [-0.1, -0.05) is 33.6 Å². The molecule has 0 aromatic carbocycles. The Balaban J connectivity index is 1.65. The molecule has 2 rings (SSSR count). The van der Waals surface area contributed by atoms with Crippen molar-refractivity contribution >= 4 is 17.7 Å². The smallest absolute Gasteiger partial charge is 0.242 e. The van der Waals surface area contributed by atoms with Crippen LogP contribution in [0.15, 0.2) is 0 Å². The topological polar surface area (TPSA) is 108 Å². The highest BCUT2D eigenvalue weighted by molar-refractivity contribution is 5.87. The molecule has 0 spiro atoms. The van der Waals surface area contributed by atoms with Gasteiger partial charge in [-0.15, -0.1) is 0 Å². The number of piperazine rings is 1. The van der Waals surface area contributed by atoms with Crippen LogP contribution in [0.3, 0.4) is 0 Å². The van der Waals surface area contributed by atoms with Gasteiger partial charge >= 0.3 is 0 Å². The van der Waals surface area contributed by atoms with Crippen molar-refractivity contribution < 1.29 is 14.4 Å². The Labute approximate surface area is 168 Å². The van der Waals surface area contributed by atoms with Crippen molar-refractivity contribution in [2.75, 3.05) is 39.3 Å². The third-order valence-corrected chi connectivity index (χ3v) is 5.83. The highest BCUT2D eigenvalue weighted by Gasteiger charge is 2.25. The molecule has 28 heavy (non-hydrogen) atoms. The Morgan fingerprint density at radius 2 is 1.79 bits per heavy atom. The largest absolute Gasteiger partial charge is 0.352 e. The lowest BCUT2D eigenvalue weighted by Crippen LogP contribution is -2.54. The Morgan fingerprint density at radius 3 is 2.39 bits per heavy atom. The highest BCUT2D eigenvalue weighted by Crippen LogP contribution is 2.23. The lowest BCUT2D eigenvalue weighted by Gasteiger charge is -2.35. The van der Waals surface area contributed by atoms with Crippen LogP contribution in [0, 0.1) is 11.8 Å². The van der Waals surface area contributed by atoms with Crippen LogP contribution in [0.1, 0.15) is 46.5 Å². The zero-order chi connectivity index (χ0) is 20.7. The molecular weight excluding hydrogens is 358 g/mol. The molecule has 1 saturated carbocycles. The third kappa shape index (κ3) is 7.05. The van der Waals surface area contributed by atoms with E-state index in [4.69, 9.17) is 5.73 Å². The minimum Gasteiger partial charge on any atom is -0.352 e. The van der Waals surface area contributed by atoms with E-state index in [2.05, 4.69) is 22.5 Å². The van der Waals surface area contributed by atoms with Crippen LogP contribution in [0.4, 0.5) is 0 Å². The molecule has 8 nitrogen and oxygen atoms in total. The van der Waals surface area contributed by atoms with Gasteiger partial charge in [-0.25, -0.2) is 0 Å². The summed E-state index contributed by atoms with van der Waals surface area (Å²) in [5.41, 5.74) is 5.78. The van der Waals surface area contributed by atoms with Crippen LogP contribution < -0.4 is 16.4 Å². The van der Waals surface area contributed by atoms with Crippen molar-refractivity contribution in [3.63, 3.8) is 0 Å². The summed E-state index contributed by atoms with van der Waals surface area (Å²) in [6.45, 7) is 8.81. The molecule has 0 radical (unpaired) electrons. The molecule has 0 aromatic heterocycles. The first kappa shape index (κ1) is 22.6. The summed E-state index contributed by atoms with van der Waals surface area (Å²) in [6.07, 6.45) is 4.59. The lowest BCUT2D eigenvalue weighted by molar-refractivity contribution is -0.135. The van der Waals surface area contributed by atoms with Gasteiger partial charge in [0.1, 0.15) is 0 Å². The number of nitrogens with two attached hydrogens (primary N) is 1. The van der Waals surface area contributed by atoms with Crippen molar-refractivity contribution in [2.24, 2.45) is 17.6 Å². The second-order valence-corrected chi connectivity index (χ2v) is 8.68. The van der Waals surface area contributed by atoms with Crippen molar-refractivity contribution in [1.82, 2.24) is 20.4 Å². The van der Waals surface area contributed by atoms with Gasteiger partial charge in [-0.3, -0.25) is 19.3 Å². The Morgan fingerprint density at radius 1 is 1.11 bits per heavy atom. The molecule has 2 fully saturated rings. The molecule has 0 bridgehead atoms. The normalized spacial score (nSPS) is 24.7. The molecule has 1 saturated heterocycles. The first-order valence-electron chi connectivity index (χ1n) is 10.6. The molecule has 4 N–H and O–H groups in total. The van der Waals surface area contributed by atoms with Gasteiger partial charge in [0.05, 0.1) is 19.1 Å². The van der Waals surface area contributed by atoms with Crippen molar-refractivity contribution in [1.29, 1.82) is 0 Å². The highest BCUT2D eigenvalue weighted by atomic mass is 16.2. The molecule has 160 valence electrons. The number of hydrogen-bond donors (Lipinski definition) is 3. The Kier molecular flexibility index (Phi) is 8.69. The van der Waals surface area contributed by atoms with E-state index >= 15 is 0 Å². The van der Waals surface area contributed by atoms with E-state index in [1.54, 1.807) is 4.90 Å². The average Bonchev–Trinajstić information content (AvgIpc) is 2.65. The van der Waals surface area contributed by atoms with E-state index in [1.165, 1.54) is 12.8 Å². The van der Waals surface area contributed by atoms with Gasteiger partial charge in [-0.05, 0) is 24.7 Å². The molecular formula is C20H37N5O3. The number of nitrogens with zero attached hydrogens (tertiary/aromatic N) is 2. The predicted octanol–water partition coefficient (Wildman–Crippen LogP) is -0.0750. The summed E-state index contributed by atoms with van der Waals surface area (Å²) < 4.78 is 0. The van der Waals surface area contributed by atoms with Gasteiger partial charge < -0.3 is 21.3 Å². The maximum Gasteiger partial charge on any atom is 0.242 e. The molecule has 2 aliphatic rings. The minimum atomic E-state index is -0.602. The predicted molar refractivity (Wildman–Crippen MR) is 108 cm³/mol. The summed E-state index contributed by atoms with van der Waals surface area (Å²) in [5, 5.41) is 5.78. The summed E-state index contributed by atoms with van der Waals surface area (Å²) in [6, 6.07) is -0.296. The standard InChI is InChI=1S/C20H37N5O3/c1-14(2)19(21)20(28)22-12-18(27)25-9-7-24(8-10-25)13-17(26)23-16-6-4-5-15(3)11-16/h14-16,19H,4-13,21H2,1-3H3,(H,22,28)(H,23,26)/t15?,16?,19-/m0/s1. The zero-order valence-electron chi connectivity index (χ0n) is 17.6. The van der Waals surface area contributed by atoms with E-state index in [-0.39, 0.29) is 30.2 Å². The van der Waals surface area contributed by atoms with E-state index in [1.807, 2.05) is 13.8 Å². The third-order valence-electron chi connectivity index (χ3n) is 5.83. The van der Waals surface area contributed by atoms with Gasteiger partial charge in [0, 0.05) is 32.2 Å². The van der Waals surface area contributed by atoms with Crippen molar-refractivity contribution in [2.45, 2.75) is 58.5 Å². The van der Waals surface area contributed by atoms with Crippen LogP contribution in [0.5, 0.6) is 0 Å². The molecule has 0 aromatic rings. The maximum absolute atomic E-state index is 12.3. The monoisotopic (exact) mass is 395 g/mol.